The van der Waals surface area contributed by atoms with E-state index in [0.717, 1.165) is 18.4 Å². The summed E-state index contributed by atoms with van der Waals surface area (Å²) in [5.74, 6) is -1.78. The highest BCUT2D eigenvalue weighted by atomic mass is 19.2. The van der Waals surface area contributed by atoms with Gasteiger partial charge in [0.2, 0.25) is 0 Å². The predicted molar refractivity (Wildman–Crippen MR) is 124 cm³/mol. The molecule has 5 heteroatoms. The fourth-order valence-electron chi connectivity index (χ4n) is 4.07. The monoisotopic (exact) mass is 452 g/mol. The fraction of sp³-hybridized carbons (Fsp3) is 0.286. The van der Waals surface area contributed by atoms with Crippen LogP contribution in [0.15, 0.2) is 67.3 Å². The quantitative estimate of drug-likeness (QED) is 0.343. The highest BCUT2D eigenvalue weighted by molar-refractivity contribution is 5.71. The summed E-state index contributed by atoms with van der Waals surface area (Å²) in [5, 5.41) is 0. The van der Waals surface area contributed by atoms with Crippen molar-refractivity contribution in [3.05, 3.63) is 95.8 Å². The van der Waals surface area contributed by atoms with E-state index in [4.69, 9.17) is 9.47 Å². The lowest BCUT2D eigenvalue weighted by atomic mass is 9.97. The van der Waals surface area contributed by atoms with Gasteiger partial charge in [-0.2, -0.15) is 0 Å². The Morgan fingerprint density at radius 2 is 1.55 bits per heavy atom. The molecule has 0 atom stereocenters. The first-order chi connectivity index (χ1) is 16.0. The summed E-state index contributed by atoms with van der Waals surface area (Å²) in [4.78, 5) is 0. The first-order valence-electron chi connectivity index (χ1n) is 11.2. The standard InChI is InChI=1S/C28H27F3O2/c1-3-5-6-18-16-32-28(33-17-18)24-14-12-22(15-25(24)29)20-7-9-21(10-8-20)23-13-11-19(4-2)26(30)27(23)31/h3,7-15,18,28H,1,4-6,16-17H2,2H3. The smallest absolute Gasteiger partial charge is 0.186 e. The Labute approximate surface area is 192 Å². The minimum atomic E-state index is -0.850. The Morgan fingerprint density at radius 3 is 2.18 bits per heavy atom. The van der Waals surface area contributed by atoms with Gasteiger partial charge in [0.15, 0.2) is 17.9 Å². The summed E-state index contributed by atoms with van der Waals surface area (Å²) in [6.45, 7) is 6.56. The largest absolute Gasteiger partial charge is 0.348 e. The number of rotatable bonds is 7. The normalized spacial score (nSPS) is 18.3. The Kier molecular flexibility index (Phi) is 7.31. The molecular weight excluding hydrogens is 425 g/mol. The van der Waals surface area contributed by atoms with Crippen LogP contribution in [0.2, 0.25) is 0 Å². The highest BCUT2D eigenvalue weighted by Crippen LogP contribution is 2.33. The van der Waals surface area contributed by atoms with E-state index in [1.165, 1.54) is 6.07 Å². The summed E-state index contributed by atoms with van der Waals surface area (Å²) < 4.78 is 55.0. The second-order valence-corrected chi connectivity index (χ2v) is 8.30. The second kappa shape index (κ2) is 10.4. The molecule has 1 fully saturated rings. The maximum absolute atomic E-state index is 14.9. The van der Waals surface area contributed by atoms with Gasteiger partial charge < -0.3 is 9.47 Å². The van der Waals surface area contributed by atoms with Crippen molar-refractivity contribution in [2.75, 3.05) is 13.2 Å². The molecule has 0 spiro atoms. The molecule has 1 aliphatic rings. The molecule has 0 radical (unpaired) electrons. The molecule has 3 aromatic carbocycles. The van der Waals surface area contributed by atoms with Crippen LogP contribution in [-0.2, 0) is 15.9 Å². The first kappa shape index (κ1) is 23.3. The molecule has 0 aromatic heterocycles. The van der Waals surface area contributed by atoms with Crippen LogP contribution in [0.1, 0.15) is 37.2 Å². The molecule has 0 bridgehead atoms. The van der Waals surface area contributed by atoms with Gasteiger partial charge in [0.05, 0.1) is 13.2 Å². The SMILES string of the molecule is C=CCCC1COC(c2ccc(-c3ccc(-c4ccc(CC)c(F)c4F)cc3)cc2F)OC1. The zero-order valence-corrected chi connectivity index (χ0v) is 18.6. The van der Waals surface area contributed by atoms with Crippen molar-refractivity contribution in [2.45, 2.75) is 32.5 Å². The zero-order valence-electron chi connectivity index (χ0n) is 18.6. The van der Waals surface area contributed by atoms with Crippen LogP contribution in [0.5, 0.6) is 0 Å². The molecule has 1 heterocycles. The third kappa shape index (κ3) is 5.05. The number of allylic oxidation sites excluding steroid dienone is 1. The van der Waals surface area contributed by atoms with Crippen molar-refractivity contribution < 1.29 is 22.6 Å². The predicted octanol–water partition coefficient (Wildman–Crippen LogP) is 7.63. The molecule has 2 nitrogen and oxygen atoms in total. The molecule has 0 amide bonds. The van der Waals surface area contributed by atoms with E-state index in [9.17, 15) is 13.2 Å². The number of halogens is 3. The lowest BCUT2D eigenvalue weighted by Crippen LogP contribution is -2.27. The molecule has 1 aliphatic heterocycles. The summed E-state index contributed by atoms with van der Waals surface area (Å²) >= 11 is 0. The van der Waals surface area contributed by atoms with Crippen molar-refractivity contribution in [2.24, 2.45) is 5.92 Å². The van der Waals surface area contributed by atoms with Gasteiger partial charge in [0.25, 0.3) is 0 Å². The van der Waals surface area contributed by atoms with Gasteiger partial charge in [-0.05, 0) is 47.6 Å². The topological polar surface area (TPSA) is 18.5 Å². The van der Waals surface area contributed by atoms with Crippen LogP contribution >= 0.6 is 0 Å². The molecular formula is C28H27F3O2. The maximum Gasteiger partial charge on any atom is 0.186 e. The molecule has 0 saturated carbocycles. The number of hydrogen-bond acceptors (Lipinski definition) is 2. The lowest BCUT2D eigenvalue weighted by Gasteiger charge is -2.29. The molecule has 0 unspecified atom stereocenters. The molecule has 3 aromatic rings. The number of aryl methyl sites for hydroxylation is 1. The molecule has 4 rings (SSSR count). The van der Waals surface area contributed by atoms with Crippen LogP contribution < -0.4 is 0 Å². The van der Waals surface area contributed by atoms with Crippen molar-refractivity contribution in [1.82, 2.24) is 0 Å². The van der Waals surface area contributed by atoms with Crippen molar-refractivity contribution in [3.63, 3.8) is 0 Å². The van der Waals surface area contributed by atoms with Gasteiger partial charge >= 0.3 is 0 Å². The second-order valence-electron chi connectivity index (χ2n) is 8.30. The highest BCUT2D eigenvalue weighted by Gasteiger charge is 2.25. The minimum Gasteiger partial charge on any atom is -0.348 e. The number of benzene rings is 3. The Balaban J connectivity index is 1.49. The molecule has 0 aliphatic carbocycles. The lowest BCUT2D eigenvalue weighted by molar-refractivity contribution is -0.207. The molecule has 1 saturated heterocycles. The summed E-state index contributed by atoms with van der Waals surface area (Å²) in [7, 11) is 0. The minimum absolute atomic E-state index is 0.204. The number of hydrogen-bond donors (Lipinski definition) is 0. The van der Waals surface area contributed by atoms with Crippen LogP contribution in [-0.4, -0.2) is 13.2 Å². The van der Waals surface area contributed by atoms with Crippen LogP contribution in [0.3, 0.4) is 0 Å². The average Bonchev–Trinajstić information content (AvgIpc) is 2.85. The van der Waals surface area contributed by atoms with Gasteiger partial charge in [-0.25, -0.2) is 13.2 Å². The van der Waals surface area contributed by atoms with Crippen molar-refractivity contribution in [3.8, 4) is 22.3 Å². The van der Waals surface area contributed by atoms with Crippen molar-refractivity contribution >= 4 is 0 Å². The van der Waals surface area contributed by atoms with Gasteiger partial charge in [-0.15, -0.1) is 6.58 Å². The zero-order chi connectivity index (χ0) is 23.4. The summed E-state index contributed by atoms with van der Waals surface area (Å²) in [6.07, 6.45) is 3.41. The molecule has 172 valence electrons. The van der Waals surface area contributed by atoms with Crippen LogP contribution in [0, 0.1) is 23.4 Å². The van der Waals surface area contributed by atoms with Gasteiger partial charge in [0.1, 0.15) is 5.82 Å². The first-order valence-corrected chi connectivity index (χ1v) is 11.2. The average molecular weight is 453 g/mol. The molecule has 33 heavy (non-hydrogen) atoms. The van der Waals surface area contributed by atoms with E-state index in [1.54, 1.807) is 55.5 Å². The van der Waals surface area contributed by atoms with E-state index in [0.29, 0.717) is 41.9 Å². The van der Waals surface area contributed by atoms with E-state index in [1.807, 2.05) is 6.08 Å². The molecule has 0 N–H and O–H groups in total. The fourth-order valence-corrected chi connectivity index (χ4v) is 4.07. The Morgan fingerprint density at radius 1 is 0.879 bits per heavy atom. The van der Waals surface area contributed by atoms with Crippen LogP contribution in [0.25, 0.3) is 22.3 Å². The van der Waals surface area contributed by atoms with E-state index < -0.39 is 23.7 Å². The third-order valence-corrected chi connectivity index (χ3v) is 6.07. The Bertz CT molecular complexity index is 1120. The summed E-state index contributed by atoms with van der Waals surface area (Å²) in [5.41, 5.74) is 2.93. The van der Waals surface area contributed by atoms with Gasteiger partial charge in [-0.1, -0.05) is 61.5 Å². The third-order valence-electron chi connectivity index (χ3n) is 6.07. The van der Waals surface area contributed by atoms with E-state index >= 15 is 0 Å². The summed E-state index contributed by atoms with van der Waals surface area (Å²) in [6, 6.07) is 15.1. The maximum atomic E-state index is 14.9. The van der Waals surface area contributed by atoms with E-state index in [-0.39, 0.29) is 11.5 Å². The Hall–Kier alpha value is -2.89. The van der Waals surface area contributed by atoms with Crippen LogP contribution in [0.4, 0.5) is 13.2 Å². The van der Waals surface area contributed by atoms with E-state index in [2.05, 4.69) is 6.58 Å². The van der Waals surface area contributed by atoms with Crippen molar-refractivity contribution in [1.29, 1.82) is 0 Å². The van der Waals surface area contributed by atoms with Gasteiger partial charge in [-0.3, -0.25) is 0 Å². The number of ether oxygens (including phenoxy) is 2. The van der Waals surface area contributed by atoms with Gasteiger partial charge in [0, 0.05) is 17.0 Å².